The maximum atomic E-state index is 12.6. The van der Waals surface area contributed by atoms with Gasteiger partial charge in [0.05, 0.1) is 29.1 Å². The van der Waals surface area contributed by atoms with Gasteiger partial charge >= 0.3 is 0 Å². The normalized spacial score (nSPS) is 16.3. The molecule has 1 aliphatic rings. The summed E-state index contributed by atoms with van der Waals surface area (Å²) in [5.74, 6) is 0.362. The molecule has 9 heteroatoms. The van der Waals surface area contributed by atoms with Crippen LogP contribution in [0.1, 0.15) is 18.9 Å². The topological polar surface area (TPSA) is 92.8 Å². The zero-order chi connectivity index (χ0) is 19.7. The fourth-order valence-electron chi connectivity index (χ4n) is 2.96. The molecule has 0 unspecified atom stereocenters. The third-order valence-corrected chi connectivity index (χ3v) is 7.71. The molecule has 1 fully saturated rings. The minimum atomic E-state index is -3.79. The molecule has 1 heterocycles. The molecule has 27 heavy (non-hydrogen) atoms. The maximum absolute atomic E-state index is 12.6. The standard InChI is InChI=1S/C18H22N2O5S2/c1-3-14-5-8-16(9-6-14)27(23,24)19-17-10-7-15(13-18(17)25-2)20-11-4-12-26(20,21)22/h5-10,13,19H,3-4,11-12H2,1-2H3. The first-order valence-corrected chi connectivity index (χ1v) is 11.7. The van der Waals surface area contributed by atoms with E-state index in [9.17, 15) is 16.8 Å². The van der Waals surface area contributed by atoms with E-state index in [4.69, 9.17) is 4.74 Å². The summed E-state index contributed by atoms with van der Waals surface area (Å²) in [4.78, 5) is 0.146. The van der Waals surface area contributed by atoms with Gasteiger partial charge in [0.15, 0.2) is 0 Å². The number of nitrogens with one attached hydrogen (secondary N) is 1. The molecule has 0 saturated carbocycles. The summed E-state index contributed by atoms with van der Waals surface area (Å²) in [7, 11) is -5.70. The summed E-state index contributed by atoms with van der Waals surface area (Å²) in [6, 6.07) is 11.3. The molecule has 0 amide bonds. The molecule has 2 aromatic rings. The van der Waals surface area contributed by atoms with E-state index in [1.807, 2.05) is 6.92 Å². The molecule has 3 rings (SSSR count). The SMILES string of the molecule is CCc1ccc(S(=O)(=O)Nc2ccc(N3CCCS3(=O)=O)cc2OC)cc1. The van der Waals surface area contributed by atoms with Gasteiger partial charge in [-0.15, -0.1) is 0 Å². The zero-order valence-electron chi connectivity index (χ0n) is 15.2. The Balaban J connectivity index is 1.90. The number of ether oxygens (including phenoxy) is 1. The van der Waals surface area contributed by atoms with Gasteiger partial charge in [-0.25, -0.2) is 16.8 Å². The molecule has 0 atom stereocenters. The van der Waals surface area contributed by atoms with Crippen LogP contribution in [-0.2, 0) is 26.5 Å². The fraction of sp³-hybridized carbons (Fsp3) is 0.333. The molecule has 7 nitrogen and oxygen atoms in total. The molecule has 0 bridgehead atoms. The Morgan fingerprint density at radius 2 is 1.85 bits per heavy atom. The highest BCUT2D eigenvalue weighted by Gasteiger charge is 2.29. The minimum absolute atomic E-state index is 0.109. The van der Waals surface area contributed by atoms with Gasteiger partial charge in [-0.1, -0.05) is 19.1 Å². The molecule has 0 aromatic heterocycles. The second-order valence-corrected chi connectivity index (χ2v) is 9.92. The van der Waals surface area contributed by atoms with E-state index < -0.39 is 20.0 Å². The van der Waals surface area contributed by atoms with Gasteiger partial charge in [0, 0.05) is 12.6 Å². The molecule has 2 aromatic carbocycles. The third kappa shape index (κ3) is 4.03. The Morgan fingerprint density at radius 1 is 1.15 bits per heavy atom. The van der Waals surface area contributed by atoms with Crippen molar-refractivity contribution in [3.8, 4) is 5.75 Å². The van der Waals surface area contributed by atoms with Gasteiger partial charge in [-0.05, 0) is 42.7 Å². The summed E-state index contributed by atoms with van der Waals surface area (Å²) < 4.78 is 58.6. The Bertz CT molecular complexity index is 1030. The maximum Gasteiger partial charge on any atom is 0.262 e. The van der Waals surface area contributed by atoms with Crippen LogP contribution in [0.15, 0.2) is 47.4 Å². The van der Waals surface area contributed by atoms with Crippen LogP contribution in [0.5, 0.6) is 5.75 Å². The Labute approximate surface area is 160 Å². The first-order valence-electron chi connectivity index (χ1n) is 8.57. The van der Waals surface area contributed by atoms with E-state index in [1.165, 1.54) is 23.5 Å². The van der Waals surface area contributed by atoms with Gasteiger partial charge < -0.3 is 4.74 Å². The van der Waals surface area contributed by atoms with Crippen molar-refractivity contribution in [3.63, 3.8) is 0 Å². The van der Waals surface area contributed by atoms with Gasteiger partial charge in [0.2, 0.25) is 10.0 Å². The van der Waals surface area contributed by atoms with Gasteiger partial charge in [-0.2, -0.15) is 0 Å². The molecule has 1 saturated heterocycles. The molecule has 0 radical (unpaired) electrons. The molecular weight excluding hydrogens is 388 g/mol. The summed E-state index contributed by atoms with van der Waals surface area (Å²) in [5, 5.41) is 0. The number of hydrogen-bond acceptors (Lipinski definition) is 5. The van der Waals surface area contributed by atoms with Crippen molar-refractivity contribution in [2.75, 3.05) is 28.4 Å². The lowest BCUT2D eigenvalue weighted by molar-refractivity contribution is 0.417. The van der Waals surface area contributed by atoms with Crippen molar-refractivity contribution >= 4 is 31.4 Å². The largest absolute Gasteiger partial charge is 0.494 e. The number of nitrogens with zero attached hydrogens (tertiary/aromatic N) is 1. The molecule has 146 valence electrons. The number of benzene rings is 2. The van der Waals surface area contributed by atoms with E-state index in [-0.39, 0.29) is 22.1 Å². The highest BCUT2D eigenvalue weighted by atomic mass is 32.2. The first kappa shape index (κ1) is 19.5. The van der Waals surface area contributed by atoms with Crippen molar-refractivity contribution in [1.29, 1.82) is 0 Å². The van der Waals surface area contributed by atoms with E-state index in [1.54, 1.807) is 30.3 Å². The van der Waals surface area contributed by atoms with E-state index in [0.717, 1.165) is 12.0 Å². The quantitative estimate of drug-likeness (QED) is 0.790. The lowest BCUT2D eigenvalue weighted by Gasteiger charge is -2.19. The fourth-order valence-corrected chi connectivity index (χ4v) is 5.58. The van der Waals surface area contributed by atoms with Crippen LogP contribution >= 0.6 is 0 Å². The third-order valence-electron chi connectivity index (χ3n) is 4.46. The second-order valence-electron chi connectivity index (χ2n) is 6.23. The van der Waals surface area contributed by atoms with Gasteiger partial charge in [0.25, 0.3) is 10.0 Å². The molecule has 0 aliphatic carbocycles. The van der Waals surface area contributed by atoms with Crippen molar-refractivity contribution in [2.45, 2.75) is 24.7 Å². The Morgan fingerprint density at radius 3 is 2.41 bits per heavy atom. The summed E-state index contributed by atoms with van der Waals surface area (Å²) in [6.45, 7) is 2.40. The van der Waals surface area contributed by atoms with Crippen LogP contribution < -0.4 is 13.8 Å². The van der Waals surface area contributed by atoms with E-state index in [2.05, 4.69) is 4.72 Å². The zero-order valence-corrected chi connectivity index (χ0v) is 16.8. The van der Waals surface area contributed by atoms with Crippen molar-refractivity contribution in [1.82, 2.24) is 0 Å². The van der Waals surface area contributed by atoms with E-state index >= 15 is 0 Å². The highest BCUT2D eigenvalue weighted by Crippen LogP contribution is 2.34. The Kier molecular flexibility index (Phi) is 5.34. The van der Waals surface area contributed by atoms with Gasteiger partial charge in [-0.3, -0.25) is 9.03 Å². The second kappa shape index (κ2) is 7.40. The number of anilines is 2. The van der Waals surface area contributed by atoms with Crippen molar-refractivity contribution in [3.05, 3.63) is 48.0 Å². The molecule has 1 N–H and O–H groups in total. The Hall–Kier alpha value is -2.26. The average Bonchev–Trinajstić information content (AvgIpc) is 3.01. The summed E-state index contributed by atoms with van der Waals surface area (Å²) >= 11 is 0. The predicted molar refractivity (Wildman–Crippen MR) is 105 cm³/mol. The van der Waals surface area contributed by atoms with E-state index in [0.29, 0.717) is 18.7 Å². The lowest BCUT2D eigenvalue weighted by atomic mass is 10.2. The van der Waals surface area contributed by atoms with Crippen LogP contribution in [0.3, 0.4) is 0 Å². The van der Waals surface area contributed by atoms with Gasteiger partial charge in [0.1, 0.15) is 5.75 Å². The minimum Gasteiger partial charge on any atom is -0.494 e. The number of aryl methyl sites for hydroxylation is 1. The molecule has 1 aliphatic heterocycles. The number of methoxy groups -OCH3 is 1. The first-order chi connectivity index (χ1) is 12.8. The number of sulfonamides is 2. The molecular formula is C18H22N2O5S2. The summed E-state index contributed by atoms with van der Waals surface area (Å²) in [5.41, 5.74) is 1.75. The predicted octanol–water partition coefficient (Wildman–Crippen LogP) is 2.60. The van der Waals surface area contributed by atoms with Crippen LogP contribution in [-0.4, -0.2) is 36.2 Å². The highest BCUT2D eigenvalue weighted by molar-refractivity contribution is 7.93. The van der Waals surface area contributed by atoms with Crippen LogP contribution in [0.2, 0.25) is 0 Å². The lowest BCUT2D eigenvalue weighted by Crippen LogP contribution is -2.25. The van der Waals surface area contributed by atoms with Crippen molar-refractivity contribution < 1.29 is 21.6 Å². The molecule has 0 spiro atoms. The number of hydrogen-bond donors (Lipinski definition) is 1. The smallest absolute Gasteiger partial charge is 0.262 e. The van der Waals surface area contributed by atoms with Crippen LogP contribution in [0.25, 0.3) is 0 Å². The average molecular weight is 411 g/mol. The van der Waals surface area contributed by atoms with Crippen LogP contribution in [0.4, 0.5) is 11.4 Å². The van der Waals surface area contributed by atoms with Crippen molar-refractivity contribution in [2.24, 2.45) is 0 Å². The van der Waals surface area contributed by atoms with Crippen LogP contribution in [0, 0.1) is 0 Å². The number of rotatable bonds is 6. The monoisotopic (exact) mass is 410 g/mol. The summed E-state index contributed by atoms with van der Waals surface area (Å²) in [6.07, 6.45) is 1.38.